The molecule has 1 N–H and O–H groups in total. The standard InChI is InChI=1S/C22H25N3O3/c26-21(18-7-4-12-25(14-18)22(27)17-8-9-17)24-19-10-11-20(23-13-19)28-15-16-5-2-1-3-6-16/h1-3,5-6,10-11,13,17-18H,4,7-9,12,14-15H2,(H,24,26). The summed E-state index contributed by atoms with van der Waals surface area (Å²) >= 11 is 0. The fourth-order valence-electron chi connectivity index (χ4n) is 3.50. The minimum absolute atomic E-state index is 0.0481. The van der Waals surface area contributed by atoms with Gasteiger partial charge in [0.15, 0.2) is 0 Å². The van der Waals surface area contributed by atoms with Crippen LogP contribution in [0.1, 0.15) is 31.2 Å². The van der Waals surface area contributed by atoms with Crippen LogP contribution in [-0.2, 0) is 16.2 Å². The molecule has 1 aliphatic heterocycles. The molecule has 2 aromatic rings. The number of nitrogens with zero attached hydrogens (tertiary/aromatic N) is 2. The quantitative estimate of drug-likeness (QED) is 0.836. The van der Waals surface area contributed by atoms with Gasteiger partial charge in [-0.15, -0.1) is 0 Å². The molecule has 1 saturated heterocycles. The summed E-state index contributed by atoms with van der Waals surface area (Å²) < 4.78 is 5.67. The first-order chi connectivity index (χ1) is 13.7. The Morgan fingerprint density at radius 1 is 1.07 bits per heavy atom. The number of rotatable bonds is 6. The zero-order valence-corrected chi connectivity index (χ0v) is 15.8. The van der Waals surface area contributed by atoms with E-state index in [1.54, 1.807) is 18.3 Å². The van der Waals surface area contributed by atoms with Crippen molar-refractivity contribution in [2.75, 3.05) is 18.4 Å². The number of carbonyl (C=O) groups excluding carboxylic acids is 2. The highest BCUT2D eigenvalue weighted by Crippen LogP contribution is 2.32. The van der Waals surface area contributed by atoms with Gasteiger partial charge in [-0.3, -0.25) is 9.59 Å². The molecule has 6 nitrogen and oxygen atoms in total. The predicted molar refractivity (Wildman–Crippen MR) is 106 cm³/mol. The second-order valence-electron chi connectivity index (χ2n) is 7.55. The Kier molecular flexibility index (Phi) is 5.55. The van der Waals surface area contributed by atoms with Crippen LogP contribution in [0.2, 0.25) is 0 Å². The van der Waals surface area contributed by atoms with Crippen LogP contribution in [0.15, 0.2) is 48.7 Å². The van der Waals surface area contributed by atoms with Crippen LogP contribution in [0.5, 0.6) is 5.88 Å². The molecule has 2 aliphatic rings. The third kappa shape index (κ3) is 4.68. The number of likely N-dealkylation sites (tertiary alicyclic amines) is 1. The van der Waals surface area contributed by atoms with E-state index in [-0.39, 0.29) is 23.7 Å². The maximum Gasteiger partial charge on any atom is 0.229 e. The summed E-state index contributed by atoms with van der Waals surface area (Å²) in [6.07, 6.45) is 5.29. The van der Waals surface area contributed by atoms with Gasteiger partial charge in [0.2, 0.25) is 17.7 Å². The fourth-order valence-corrected chi connectivity index (χ4v) is 3.50. The van der Waals surface area contributed by atoms with Gasteiger partial charge in [-0.05, 0) is 37.3 Å². The molecule has 2 heterocycles. The fraction of sp³-hybridized carbons (Fsp3) is 0.409. The first kappa shape index (κ1) is 18.5. The Bertz CT molecular complexity index is 819. The molecule has 2 amide bonds. The second-order valence-corrected chi connectivity index (χ2v) is 7.55. The lowest BCUT2D eigenvalue weighted by atomic mass is 9.96. The number of carbonyl (C=O) groups is 2. The summed E-state index contributed by atoms with van der Waals surface area (Å²) in [5, 5.41) is 2.92. The van der Waals surface area contributed by atoms with E-state index >= 15 is 0 Å². The summed E-state index contributed by atoms with van der Waals surface area (Å²) in [4.78, 5) is 31.0. The van der Waals surface area contributed by atoms with Crippen molar-refractivity contribution in [3.05, 3.63) is 54.2 Å². The summed E-state index contributed by atoms with van der Waals surface area (Å²) in [5.41, 5.74) is 1.71. The number of benzene rings is 1. The average Bonchev–Trinajstić information content (AvgIpc) is 3.59. The zero-order valence-electron chi connectivity index (χ0n) is 15.8. The Labute approximate surface area is 164 Å². The lowest BCUT2D eigenvalue weighted by molar-refractivity contribution is -0.135. The normalized spacial score (nSPS) is 19.1. The number of hydrogen-bond acceptors (Lipinski definition) is 4. The highest BCUT2D eigenvalue weighted by molar-refractivity contribution is 5.93. The van der Waals surface area contributed by atoms with Gasteiger partial charge in [0.25, 0.3) is 0 Å². The van der Waals surface area contributed by atoms with Crippen molar-refractivity contribution in [1.29, 1.82) is 0 Å². The van der Waals surface area contributed by atoms with Crippen molar-refractivity contribution in [2.24, 2.45) is 11.8 Å². The molecule has 4 rings (SSSR count). The predicted octanol–water partition coefficient (Wildman–Crippen LogP) is 3.25. The highest BCUT2D eigenvalue weighted by Gasteiger charge is 2.36. The highest BCUT2D eigenvalue weighted by atomic mass is 16.5. The van der Waals surface area contributed by atoms with E-state index in [9.17, 15) is 9.59 Å². The topological polar surface area (TPSA) is 71.5 Å². The Balaban J connectivity index is 1.28. The van der Waals surface area contributed by atoms with Crippen LogP contribution < -0.4 is 10.1 Å². The third-order valence-corrected chi connectivity index (χ3v) is 5.26. The summed E-state index contributed by atoms with van der Waals surface area (Å²) in [5.74, 6) is 0.729. The molecule has 1 saturated carbocycles. The molecule has 146 valence electrons. The number of pyridine rings is 1. The number of nitrogens with one attached hydrogen (secondary N) is 1. The van der Waals surface area contributed by atoms with Crippen molar-refractivity contribution in [3.8, 4) is 5.88 Å². The summed E-state index contributed by atoms with van der Waals surface area (Å²) in [7, 11) is 0. The summed E-state index contributed by atoms with van der Waals surface area (Å²) in [6.45, 7) is 1.74. The Morgan fingerprint density at radius 2 is 1.89 bits per heavy atom. The van der Waals surface area contributed by atoms with Crippen LogP contribution in [0.25, 0.3) is 0 Å². The van der Waals surface area contributed by atoms with Gasteiger partial charge >= 0.3 is 0 Å². The molecule has 1 aliphatic carbocycles. The monoisotopic (exact) mass is 379 g/mol. The average molecular weight is 379 g/mol. The van der Waals surface area contributed by atoms with E-state index in [2.05, 4.69) is 10.3 Å². The maximum atomic E-state index is 12.6. The first-order valence-electron chi connectivity index (χ1n) is 9.91. The third-order valence-electron chi connectivity index (χ3n) is 5.26. The molecule has 6 heteroatoms. The molecule has 0 bridgehead atoms. The summed E-state index contributed by atoms with van der Waals surface area (Å²) in [6, 6.07) is 13.4. The number of hydrogen-bond donors (Lipinski definition) is 1. The van der Waals surface area contributed by atoms with Gasteiger partial charge in [0.1, 0.15) is 6.61 Å². The molecule has 1 aromatic heterocycles. The Morgan fingerprint density at radius 3 is 2.61 bits per heavy atom. The van der Waals surface area contributed by atoms with Crippen LogP contribution in [0.3, 0.4) is 0 Å². The van der Waals surface area contributed by atoms with Crippen molar-refractivity contribution >= 4 is 17.5 Å². The SMILES string of the molecule is O=C(Nc1ccc(OCc2ccccc2)nc1)C1CCCN(C(=O)C2CC2)C1. The lowest BCUT2D eigenvalue weighted by Gasteiger charge is -2.32. The van der Waals surface area contributed by atoms with Crippen molar-refractivity contribution < 1.29 is 14.3 Å². The number of anilines is 1. The van der Waals surface area contributed by atoms with Gasteiger partial charge in [0.05, 0.1) is 17.8 Å². The van der Waals surface area contributed by atoms with Crippen LogP contribution in [0.4, 0.5) is 5.69 Å². The van der Waals surface area contributed by atoms with Crippen LogP contribution in [-0.4, -0.2) is 34.8 Å². The van der Waals surface area contributed by atoms with Crippen molar-refractivity contribution in [1.82, 2.24) is 9.88 Å². The molecule has 2 fully saturated rings. The zero-order chi connectivity index (χ0) is 19.3. The second kappa shape index (κ2) is 8.42. The largest absolute Gasteiger partial charge is 0.473 e. The number of aromatic nitrogens is 1. The number of amides is 2. The van der Waals surface area contributed by atoms with E-state index in [1.165, 1.54) is 0 Å². The van der Waals surface area contributed by atoms with Gasteiger partial charge in [0, 0.05) is 25.1 Å². The number of ether oxygens (including phenoxy) is 1. The molecule has 1 atom stereocenters. The van der Waals surface area contributed by atoms with Gasteiger partial charge < -0.3 is 15.0 Å². The maximum absolute atomic E-state index is 12.6. The van der Waals surface area contributed by atoms with Gasteiger partial charge in [-0.25, -0.2) is 4.98 Å². The first-order valence-corrected chi connectivity index (χ1v) is 9.91. The van der Waals surface area contributed by atoms with Gasteiger partial charge in [-0.2, -0.15) is 0 Å². The van der Waals surface area contributed by atoms with E-state index in [4.69, 9.17) is 4.74 Å². The van der Waals surface area contributed by atoms with Crippen LogP contribution in [0, 0.1) is 11.8 Å². The van der Waals surface area contributed by atoms with E-state index < -0.39 is 0 Å². The Hall–Kier alpha value is -2.89. The lowest BCUT2D eigenvalue weighted by Crippen LogP contribution is -2.44. The van der Waals surface area contributed by atoms with E-state index in [0.717, 1.165) is 37.8 Å². The molecule has 28 heavy (non-hydrogen) atoms. The minimum Gasteiger partial charge on any atom is -0.473 e. The van der Waals surface area contributed by atoms with Crippen LogP contribution >= 0.6 is 0 Å². The van der Waals surface area contributed by atoms with Gasteiger partial charge in [-0.1, -0.05) is 30.3 Å². The molecular formula is C22H25N3O3. The van der Waals surface area contributed by atoms with Crippen molar-refractivity contribution in [2.45, 2.75) is 32.3 Å². The molecule has 0 spiro atoms. The number of piperidine rings is 1. The molecule has 1 aromatic carbocycles. The van der Waals surface area contributed by atoms with Crippen molar-refractivity contribution in [3.63, 3.8) is 0 Å². The smallest absolute Gasteiger partial charge is 0.229 e. The minimum atomic E-state index is -0.162. The molecule has 1 unspecified atom stereocenters. The van der Waals surface area contributed by atoms with E-state index in [0.29, 0.717) is 24.7 Å². The molecular weight excluding hydrogens is 354 g/mol. The molecule has 0 radical (unpaired) electrons. The van der Waals surface area contributed by atoms with E-state index in [1.807, 2.05) is 35.2 Å².